The normalized spacial score (nSPS) is 34.6. The van der Waals surface area contributed by atoms with Crippen molar-refractivity contribution in [2.24, 2.45) is 68.1 Å². The number of nitrogens with two attached hydrogens (primary N) is 2. The lowest BCUT2D eigenvalue weighted by atomic mass is 9.32. The van der Waals surface area contributed by atoms with Crippen LogP contribution in [-0.2, 0) is 51.3 Å². The highest BCUT2D eigenvalue weighted by Crippen LogP contribution is 2.77. The molecule has 0 bridgehead atoms. The van der Waals surface area contributed by atoms with Crippen molar-refractivity contribution in [3.05, 3.63) is 83.9 Å². The molecule has 2 unspecified atom stereocenters. The molecule has 0 spiro atoms. The van der Waals surface area contributed by atoms with E-state index in [9.17, 15) is 19.2 Å². The fraction of sp³-hybridized carbons (Fsp3) is 0.667. The molecule has 2 aromatic rings. The third-order valence-electron chi connectivity index (χ3n) is 18.3. The Morgan fingerprint density at radius 3 is 1.81 bits per heavy atom. The van der Waals surface area contributed by atoms with Gasteiger partial charge in [-0.1, -0.05) is 107 Å². The predicted molar refractivity (Wildman–Crippen MR) is 247 cm³/mol. The van der Waals surface area contributed by atoms with Gasteiger partial charge < -0.3 is 30.4 Å². The first-order valence-corrected chi connectivity index (χ1v) is 24.3. The van der Waals surface area contributed by atoms with Crippen molar-refractivity contribution in [2.45, 2.75) is 163 Å². The molecule has 0 heterocycles. The van der Waals surface area contributed by atoms with E-state index >= 15 is 0 Å². The number of ether oxygens (including phenoxy) is 4. The highest BCUT2D eigenvalue weighted by atomic mass is 16.6. The van der Waals surface area contributed by atoms with Gasteiger partial charge in [0.1, 0.15) is 31.4 Å². The molecule has 5 fully saturated rings. The van der Waals surface area contributed by atoms with Crippen LogP contribution in [0.5, 0.6) is 0 Å². The summed E-state index contributed by atoms with van der Waals surface area (Å²) >= 11 is 0. The van der Waals surface area contributed by atoms with E-state index < -0.39 is 24.0 Å². The fourth-order valence-electron chi connectivity index (χ4n) is 14.7. The molecule has 0 amide bonds. The topological polar surface area (TPSA) is 157 Å². The van der Waals surface area contributed by atoms with Crippen molar-refractivity contribution in [1.82, 2.24) is 0 Å². The summed E-state index contributed by atoms with van der Waals surface area (Å²) in [5.41, 5.74) is 15.7. The summed E-state index contributed by atoms with van der Waals surface area (Å²) in [6, 6.07) is 17.3. The van der Waals surface area contributed by atoms with Crippen LogP contribution in [-0.4, -0.2) is 48.7 Å². The van der Waals surface area contributed by atoms with Gasteiger partial charge in [-0.25, -0.2) is 0 Å². The summed E-state index contributed by atoms with van der Waals surface area (Å²) in [5.74, 6) is 0.475. The van der Waals surface area contributed by atoms with Crippen molar-refractivity contribution in [2.75, 3.05) is 6.61 Å². The Morgan fingerprint density at radius 1 is 0.656 bits per heavy atom. The second-order valence-electron chi connectivity index (χ2n) is 22.0. The zero-order chi connectivity index (χ0) is 46.1. The van der Waals surface area contributed by atoms with E-state index in [0.717, 1.165) is 75.3 Å². The number of hydrogen-bond donors (Lipinski definition) is 2. The van der Waals surface area contributed by atoms with Gasteiger partial charge in [-0.3, -0.25) is 19.2 Å². The van der Waals surface area contributed by atoms with Crippen molar-refractivity contribution < 1.29 is 38.1 Å². The highest BCUT2D eigenvalue weighted by molar-refractivity contribution is 5.78. The molecule has 5 aliphatic rings. The molecular formula is C54H76N2O8. The largest absolute Gasteiger partial charge is 0.464 e. The number of fused-ring (bicyclic) bond motifs is 7. The monoisotopic (exact) mass is 881 g/mol. The fourth-order valence-corrected chi connectivity index (χ4v) is 14.7. The smallest absolute Gasteiger partial charge is 0.323 e. The van der Waals surface area contributed by atoms with Gasteiger partial charge in [0, 0.05) is 23.7 Å². The lowest BCUT2D eigenvalue weighted by molar-refractivity contribution is -0.252. The van der Waals surface area contributed by atoms with Gasteiger partial charge in [-0.2, -0.15) is 0 Å². The first-order chi connectivity index (χ1) is 30.3. The third kappa shape index (κ3) is 9.21. The molecule has 64 heavy (non-hydrogen) atoms. The zero-order valence-corrected chi connectivity index (χ0v) is 39.5. The van der Waals surface area contributed by atoms with Crippen molar-refractivity contribution in [1.29, 1.82) is 0 Å². The Morgan fingerprint density at radius 2 is 1.23 bits per heavy atom. The van der Waals surface area contributed by atoms with Crippen LogP contribution in [0.15, 0.2) is 72.8 Å². The Balaban J connectivity index is 0.971. The quantitative estimate of drug-likeness (QED) is 0.0945. The highest BCUT2D eigenvalue weighted by Gasteiger charge is 2.71. The van der Waals surface area contributed by atoms with Crippen molar-refractivity contribution in [3.63, 3.8) is 0 Å². The van der Waals surface area contributed by atoms with Gasteiger partial charge in [0.2, 0.25) is 0 Å². The first-order valence-electron chi connectivity index (χ1n) is 24.3. The summed E-state index contributed by atoms with van der Waals surface area (Å²) in [4.78, 5) is 51.9. The van der Waals surface area contributed by atoms with Crippen molar-refractivity contribution in [3.8, 4) is 0 Å². The molecular weight excluding hydrogens is 805 g/mol. The van der Waals surface area contributed by atoms with Gasteiger partial charge >= 0.3 is 23.9 Å². The van der Waals surface area contributed by atoms with Crippen LogP contribution in [0.4, 0.5) is 0 Å². The second-order valence-corrected chi connectivity index (χ2v) is 22.0. The van der Waals surface area contributed by atoms with Gasteiger partial charge in [0.05, 0.1) is 6.61 Å². The van der Waals surface area contributed by atoms with E-state index in [-0.39, 0.29) is 84.0 Å². The molecule has 10 heteroatoms. The molecule has 2 aromatic carbocycles. The summed E-state index contributed by atoms with van der Waals surface area (Å²) in [5, 5.41) is 0. The van der Waals surface area contributed by atoms with Crippen LogP contribution < -0.4 is 11.5 Å². The molecule has 0 saturated heterocycles. The van der Waals surface area contributed by atoms with Crippen LogP contribution in [0.2, 0.25) is 0 Å². The minimum Gasteiger partial charge on any atom is -0.464 e. The number of esters is 4. The lowest BCUT2D eigenvalue weighted by Gasteiger charge is -2.73. The molecule has 12 atom stereocenters. The number of allylic oxidation sites excluding steroid dienone is 1. The van der Waals surface area contributed by atoms with Crippen LogP contribution in [0.1, 0.15) is 143 Å². The van der Waals surface area contributed by atoms with Gasteiger partial charge in [0.15, 0.2) is 0 Å². The number of benzene rings is 2. The van der Waals surface area contributed by atoms with E-state index in [1.54, 1.807) is 0 Å². The summed E-state index contributed by atoms with van der Waals surface area (Å²) in [6.07, 6.45) is 10.6. The number of hydrogen-bond acceptors (Lipinski definition) is 10. The SMILES string of the molecule is C=C(C)[C@@H]1CC[C@]2(COC(=O)C(N)CCC(=O)OCc3ccccc3)CC[C@]3(C)[C@H](CC[C@@H]4[C@@]5(C)CC[C@H](OC(=O)C(N)CCC(=O)OCc6ccccc6)C(C)(C)[C@@H]5CC[C@]43C)[C@@H]12. The Labute approximate surface area is 382 Å². The Bertz CT molecular complexity index is 2010. The van der Waals surface area contributed by atoms with Crippen LogP contribution >= 0.6 is 0 Å². The number of carbonyl (C=O) groups excluding carboxylic acids is 4. The molecule has 10 nitrogen and oxygen atoms in total. The van der Waals surface area contributed by atoms with E-state index in [2.05, 4.69) is 48.1 Å². The minimum atomic E-state index is -0.892. The van der Waals surface area contributed by atoms with E-state index in [1.165, 1.54) is 5.57 Å². The summed E-state index contributed by atoms with van der Waals surface area (Å²) in [7, 11) is 0. The van der Waals surface area contributed by atoms with Gasteiger partial charge in [-0.15, -0.1) is 0 Å². The van der Waals surface area contributed by atoms with Crippen LogP contribution in [0.3, 0.4) is 0 Å². The summed E-state index contributed by atoms with van der Waals surface area (Å²) < 4.78 is 23.3. The molecule has 350 valence electrons. The van der Waals surface area contributed by atoms with Gasteiger partial charge in [0.25, 0.3) is 0 Å². The molecule has 0 radical (unpaired) electrons. The Kier molecular flexibility index (Phi) is 14.3. The zero-order valence-electron chi connectivity index (χ0n) is 39.5. The molecule has 7 rings (SSSR count). The van der Waals surface area contributed by atoms with Crippen molar-refractivity contribution >= 4 is 23.9 Å². The molecule has 5 saturated carbocycles. The molecule has 4 N–H and O–H groups in total. The van der Waals surface area contributed by atoms with E-state index in [4.69, 9.17) is 30.4 Å². The third-order valence-corrected chi connectivity index (χ3v) is 18.3. The second kappa shape index (κ2) is 19.1. The standard InChI is InChI=1S/C54H76N2O8/c1-35(2)38-24-29-54(34-63-48(59)40(55)19-22-45(57)61-32-36-14-10-8-11-15-36)31-30-52(6)39(47(38)54)18-21-43-51(5)27-26-44(50(3,4)42(51)25-28-53(43,52)7)64-49(60)41(56)20-23-46(58)62-33-37-16-12-9-13-17-37/h8-17,38-44,47H,1,18-34,55-56H2,2-7H3/t38-,39+,40?,41?,42-,43+,44-,47+,51-,52+,53+,54+/m0/s1. The molecule has 5 aliphatic carbocycles. The predicted octanol–water partition coefficient (Wildman–Crippen LogP) is 9.80. The molecule has 0 aliphatic heterocycles. The van der Waals surface area contributed by atoms with E-state index in [0.29, 0.717) is 36.2 Å². The lowest BCUT2D eigenvalue weighted by Crippen LogP contribution is -2.67. The van der Waals surface area contributed by atoms with Crippen LogP contribution in [0, 0.1) is 56.7 Å². The average molecular weight is 881 g/mol. The number of carbonyl (C=O) groups is 4. The van der Waals surface area contributed by atoms with Gasteiger partial charge in [-0.05, 0) is 141 Å². The molecule has 0 aromatic heterocycles. The maximum absolute atomic E-state index is 13.5. The maximum Gasteiger partial charge on any atom is 0.323 e. The Hall–Kier alpha value is -4.02. The van der Waals surface area contributed by atoms with E-state index in [1.807, 2.05) is 60.7 Å². The van der Waals surface area contributed by atoms with Crippen LogP contribution in [0.25, 0.3) is 0 Å². The maximum atomic E-state index is 13.5. The number of rotatable bonds is 16. The average Bonchev–Trinajstić information content (AvgIpc) is 3.67. The minimum absolute atomic E-state index is 0.0568. The summed E-state index contributed by atoms with van der Waals surface area (Å²) in [6.45, 7) is 19.8. The first kappa shape index (κ1) is 47.9.